The lowest BCUT2D eigenvalue weighted by Gasteiger charge is -2.31. The van der Waals surface area contributed by atoms with E-state index in [1.165, 1.54) is 11.3 Å². The van der Waals surface area contributed by atoms with Crippen LogP contribution in [0.15, 0.2) is 13.6 Å². The predicted molar refractivity (Wildman–Crippen MR) is 85.8 cm³/mol. The third-order valence-electron chi connectivity index (χ3n) is 2.65. The molecule has 1 rings (SSSR count). The molecular formula is C12H16Br2ClNOS. The Hall–Kier alpha value is 0.420. The summed E-state index contributed by atoms with van der Waals surface area (Å²) >= 11 is 14.1. The predicted octanol–water partition coefficient (Wildman–Crippen LogP) is 5.05. The number of thiophene rings is 1. The first-order valence-electron chi connectivity index (χ1n) is 5.57. The van der Waals surface area contributed by atoms with Crippen molar-refractivity contribution in [1.29, 1.82) is 0 Å². The molecular weight excluding hydrogens is 401 g/mol. The summed E-state index contributed by atoms with van der Waals surface area (Å²) in [5, 5.41) is 3.06. The Morgan fingerprint density at radius 2 is 2.11 bits per heavy atom. The molecule has 1 atom stereocenters. The van der Waals surface area contributed by atoms with Crippen LogP contribution in [0.1, 0.15) is 37.6 Å². The van der Waals surface area contributed by atoms with Gasteiger partial charge in [0.15, 0.2) is 0 Å². The lowest BCUT2D eigenvalue weighted by molar-refractivity contribution is 0.0900. The van der Waals surface area contributed by atoms with Gasteiger partial charge in [0.2, 0.25) is 0 Å². The van der Waals surface area contributed by atoms with E-state index in [-0.39, 0.29) is 17.4 Å². The number of nitrogens with one attached hydrogen (secondary N) is 1. The molecule has 1 aromatic rings. The number of amides is 1. The highest BCUT2D eigenvalue weighted by molar-refractivity contribution is 9.12. The molecule has 1 heterocycles. The van der Waals surface area contributed by atoms with Crippen molar-refractivity contribution < 1.29 is 4.79 Å². The zero-order chi connectivity index (χ0) is 13.9. The fourth-order valence-electron chi connectivity index (χ4n) is 1.56. The Morgan fingerprint density at radius 1 is 1.50 bits per heavy atom. The van der Waals surface area contributed by atoms with Gasteiger partial charge in [-0.1, -0.05) is 20.8 Å². The molecule has 0 fully saturated rings. The van der Waals surface area contributed by atoms with Crippen LogP contribution < -0.4 is 5.32 Å². The van der Waals surface area contributed by atoms with Crippen LogP contribution >= 0.6 is 54.8 Å². The first kappa shape index (κ1) is 16.5. The minimum atomic E-state index is -0.0612. The van der Waals surface area contributed by atoms with Gasteiger partial charge in [0.05, 0.1) is 13.1 Å². The van der Waals surface area contributed by atoms with Crippen molar-refractivity contribution in [3.8, 4) is 0 Å². The Morgan fingerprint density at radius 3 is 2.50 bits per heavy atom. The highest BCUT2D eigenvalue weighted by atomic mass is 79.9. The van der Waals surface area contributed by atoms with Crippen LogP contribution in [0, 0.1) is 5.41 Å². The van der Waals surface area contributed by atoms with Gasteiger partial charge in [0.1, 0.15) is 0 Å². The number of alkyl halides is 1. The summed E-state index contributed by atoms with van der Waals surface area (Å²) in [7, 11) is 0. The van der Waals surface area contributed by atoms with Crippen molar-refractivity contribution >= 4 is 60.7 Å². The number of hydrogen-bond acceptors (Lipinski definition) is 2. The Balaban J connectivity index is 2.82. The molecule has 0 aliphatic rings. The molecule has 2 nitrogen and oxygen atoms in total. The van der Waals surface area contributed by atoms with Crippen LogP contribution in [-0.4, -0.2) is 17.8 Å². The smallest absolute Gasteiger partial charge is 0.253 e. The second kappa shape index (κ2) is 6.73. The third-order valence-corrected chi connectivity index (χ3v) is 5.21. The molecule has 0 bridgehead atoms. The molecule has 102 valence electrons. The van der Waals surface area contributed by atoms with E-state index in [4.69, 9.17) is 11.6 Å². The van der Waals surface area contributed by atoms with Crippen molar-refractivity contribution in [1.82, 2.24) is 5.32 Å². The Labute approximate surface area is 134 Å². The summed E-state index contributed by atoms with van der Waals surface area (Å²) < 4.78 is 1.77. The number of carbonyl (C=O) groups is 1. The van der Waals surface area contributed by atoms with Crippen molar-refractivity contribution in [2.45, 2.75) is 33.2 Å². The van der Waals surface area contributed by atoms with Crippen molar-refractivity contribution in [3.05, 3.63) is 19.2 Å². The minimum absolute atomic E-state index is 0.00964. The van der Waals surface area contributed by atoms with Crippen molar-refractivity contribution in [2.75, 3.05) is 5.88 Å². The molecule has 0 saturated carbocycles. The summed E-state index contributed by atoms with van der Waals surface area (Å²) in [6.07, 6.45) is 0.764. The monoisotopic (exact) mass is 415 g/mol. The first-order chi connectivity index (χ1) is 8.25. The zero-order valence-corrected chi connectivity index (χ0v) is 15.3. The summed E-state index contributed by atoms with van der Waals surface area (Å²) in [6, 6.07) is 1.89. The van der Waals surface area contributed by atoms with E-state index in [0.717, 1.165) is 14.0 Å². The van der Waals surface area contributed by atoms with E-state index in [2.05, 4.69) is 57.9 Å². The fourth-order valence-corrected chi connectivity index (χ4v) is 4.57. The standard InChI is InChI=1S/C12H16Br2ClNOS/c1-12(2,3)8(4-5-15)16-11(17)7-6-9(13)18-10(7)14/h6,8H,4-5H2,1-3H3,(H,16,17). The molecule has 6 heteroatoms. The number of halogens is 3. The molecule has 0 aromatic carbocycles. The van der Waals surface area contributed by atoms with E-state index in [0.29, 0.717) is 11.4 Å². The highest BCUT2D eigenvalue weighted by Gasteiger charge is 2.27. The largest absolute Gasteiger partial charge is 0.349 e. The van der Waals surface area contributed by atoms with Crippen LogP contribution in [0.2, 0.25) is 0 Å². The first-order valence-corrected chi connectivity index (χ1v) is 8.51. The molecule has 1 unspecified atom stereocenters. The second-order valence-corrected chi connectivity index (χ2v) is 9.23. The van der Waals surface area contributed by atoms with E-state index < -0.39 is 0 Å². The van der Waals surface area contributed by atoms with Crippen LogP contribution in [0.4, 0.5) is 0 Å². The molecule has 1 N–H and O–H groups in total. The lowest BCUT2D eigenvalue weighted by Crippen LogP contribution is -2.44. The van der Waals surface area contributed by atoms with Gasteiger partial charge >= 0.3 is 0 Å². The maximum Gasteiger partial charge on any atom is 0.253 e. The topological polar surface area (TPSA) is 29.1 Å². The van der Waals surface area contributed by atoms with Crippen LogP contribution in [0.25, 0.3) is 0 Å². The quantitative estimate of drug-likeness (QED) is 0.683. The Bertz CT molecular complexity index is 428. The molecule has 1 amide bonds. The van der Waals surface area contributed by atoms with E-state index in [9.17, 15) is 4.79 Å². The SMILES string of the molecule is CC(C)(C)C(CCCl)NC(=O)c1cc(Br)sc1Br. The Kier molecular flexibility index (Phi) is 6.16. The molecule has 0 aliphatic heterocycles. The molecule has 0 radical (unpaired) electrons. The number of hydrogen-bond donors (Lipinski definition) is 1. The fraction of sp³-hybridized carbons (Fsp3) is 0.583. The summed E-state index contributed by atoms with van der Waals surface area (Å²) in [4.78, 5) is 12.2. The number of rotatable bonds is 4. The minimum Gasteiger partial charge on any atom is -0.349 e. The molecule has 0 aliphatic carbocycles. The van der Waals surface area contributed by atoms with Gasteiger partial charge in [-0.05, 0) is 49.8 Å². The van der Waals surface area contributed by atoms with Crippen LogP contribution in [-0.2, 0) is 0 Å². The van der Waals surface area contributed by atoms with Gasteiger partial charge in [0.25, 0.3) is 5.91 Å². The average molecular weight is 418 g/mol. The van der Waals surface area contributed by atoms with Gasteiger partial charge in [0, 0.05) is 11.9 Å². The summed E-state index contributed by atoms with van der Waals surface area (Å²) in [5.74, 6) is 0.477. The van der Waals surface area contributed by atoms with E-state index in [1.54, 1.807) is 0 Å². The molecule has 18 heavy (non-hydrogen) atoms. The summed E-state index contributed by atoms with van der Waals surface area (Å²) in [5.41, 5.74) is 0.653. The third kappa shape index (κ3) is 4.51. The summed E-state index contributed by atoms with van der Waals surface area (Å²) in [6.45, 7) is 6.30. The van der Waals surface area contributed by atoms with Gasteiger partial charge in [-0.2, -0.15) is 0 Å². The lowest BCUT2D eigenvalue weighted by atomic mass is 9.85. The highest BCUT2D eigenvalue weighted by Crippen LogP contribution is 2.32. The zero-order valence-electron chi connectivity index (χ0n) is 10.5. The van der Waals surface area contributed by atoms with Crippen LogP contribution in [0.5, 0.6) is 0 Å². The molecule has 1 aromatic heterocycles. The number of carbonyl (C=O) groups excluding carboxylic acids is 1. The van der Waals surface area contributed by atoms with E-state index >= 15 is 0 Å². The van der Waals surface area contributed by atoms with Gasteiger partial charge < -0.3 is 5.32 Å². The van der Waals surface area contributed by atoms with Gasteiger partial charge in [-0.25, -0.2) is 0 Å². The second-order valence-electron chi connectivity index (χ2n) is 5.11. The average Bonchev–Trinajstić information content (AvgIpc) is 2.55. The normalized spacial score (nSPS) is 13.4. The molecule has 0 saturated heterocycles. The maximum atomic E-state index is 12.2. The van der Waals surface area contributed by atoms with Crippen LogP contribution in [0.3, 0.4) is 0 Å². The van der Waals surface area contributed by atoms with Crippen molar-refractivity contribution in [2.24, 2.45) is 5.41 Å². The van der Waals surface area contributed by atoms with Gasteiger partial charge in [-0.15, -0.1) is 22.9 Å². The maximum absolute atomic E-state index is 12.2. The van der Waals surface area contributed by atoms with Gasteiger partial charge in [-0.3, -0.25) is 4.79 Å². The molecule has 0 spiro atoms. The van der Waals surface area contributed by atoms with E-state index in [1.807, 2.05) is 6.07 Å². The van der Waals surface area contributed by atoms with Crippen molar-refractivity contribution in [3.63, 3.8) is 0 Å².